The van der Waals surface area contributed by atoms with Crippen LogP contribution in [-0.4, -0.2) is 24.4 Å². The Balaban J connectivity index is 1.86. The molecule has 3 atom stereocenters. The summed E-state index contributed by atoms with van der Waals surface area (Å²) >= 11 is 0. The SMILES string of the molecule is CC1CC(C)CC(OCCC(N)(CO)c2ccccc2)C1. The molecule has 1 aromatic carbocycles. The molecule has 0 saturated heterocycles. The van der Waals surface area contributed by atoms with Crippen LogP contribution < -0.4 is 5.73 Å². The number of hydrogen-bond acceptors (Lipinski definition) is 3. The molecule has 1 aliphatic rings. The first-order valence-corrected chi connectivity index (χ1v) is 8.10. The Bertz CT molecular complexity index is 412. The zero-order valence-electron chi connectivity index (χ0n) is 13.3. The van der Waals surface area contributed by atoms with Gasteiger partial charge in [0.15, 0.2) is 0 Å². The summed E-state index contributed by atoms with van der Waals surface area (Å²) in [5, 5.41) is 9.68. The third-order valence-corrected chi connectivity index (χ3v) is 4.67. The van der Waals surface area contributed by atoms with E-state index in [0.29, 0.717) is 19.1 Å². The molecule has 0 radical (unpaired) electrons. The molecule has 0 bridgehead atoms. The van der Waals surface area contributed by atoms with E-state index in [4.69, 9.17) is 10.5 Å². The second-order valence-electron chi connectivity index (χ2n) is 6.84. The number of ether oxygens (including phenoxy) is 1. The van der Waals surface area contributed by atoms with E-state index in [1.54, 1.807) is 0 Å². The fourth-order valence-corrected chi connectivity index (χ4v) is 3.50. The molecule has 1 fully saturated rings. The van der Waals surface area contributed by atoms with Crippen molar-refractivity contribution in [3.05, 3.63) is 35.9 Å². The Morgan fingerprint density at radius 1 is 1.14 bits per heavy atom. The topological polar surface area (TPSA) is 55.5 Å². The molecule has 0 amide bonds. The van der Waals surface area contributed by atoms with Crippen molar-refractivity contribution in [3.8, 4) is 0 Å². The molecule has 0 aromatic heterocycles. The van der Waals surface area contributed by atoms with Crippen LogP contribution in [0.3, 0.4) is 0 Å². The van der Waals surface area contributed by atoms with Crippen LogP contribution in [-0.2, 0) is 10.3 Å². The molecule has 0 heterocycles. The van der Waals surface area contributed by atoms with E-state index in [9.17, 15) is 5.11 Å². The lowest BCUT2D eigenvalue weighted by Gasteiger charge is -2.33. The zero-order chi connectivity index (χ0) is 15.3. The van der Waals surface area contributed by atoms with E-state index in [0.717, 1.165) is 30.2 Å². The van der Waals surface area contributed by atoms with Crippen molar-refractivity contribution >= 4 is 0 Å². The van der Waals surface area contributed by atoms with Gasteiger partial charge in [-0.25, -0.2) is 0 Å². The van der Waals surface area contributed by atoms with Crippen molar-refractivity contribution in [1.29, 1.82) is 0 Å². The predicted octanol–water partition coefficient (Wildman–Crippen LogP) is 3.06. The normalized spacial score (nSPS) is 29.0. The van der Waals surface area contributed by atoms with Crippen LogP contribution in [0.5, 0.6) is 0 Å². The maximum absolute atomic E-state index is 9.68. The van der Waals surface area contributed by atoms with E-state index in [2.05, 4.69) is 13.8 Å². The highest BCUT2D eigenvalue weighted by atomic mass is 16.5. The minimum absolute atomic E-state index is 0.0577. The molecule has 1 saturated carbocycles. The standard InChI is InChI=1S/C18H29NO2/c1-14-10-15(2)12-17(11-14)21-9-8-18(19,13-20)16-6-4-3-5-7-16/h3-7,14-15,17,20H,8-13,19H2,1-2H3. The fraction of sp³-hybridized carbons (Fsp3) is 0.667. The summed E-state index contributed by atoms with van der Waals surface area (Å²) in [6.07, 6.45) is 4.59. The molecule has 3 nitrogen and oxygen atoms in total. The Morgan fingerprint density at radius 3 is 2.33 bits per heavy atom. The minimum Gasteiger partial charge on any atom is -0.394 e. The summed E-state index contributed by atoms with van der Waals surface area (Å²) in [6.45, 7) is 5.15. The number of aliphatic hydroxyl groups excluding tert-OH is 1. The van der Waals surface area contributed by atoms with Gasteiger partial charge in [0, 0.05) is 6.61 Å². The average molecular weight is 291 g/mol. The summed E-state index contributed by atoms with van der Waals surface area (Å²) in [5.74, 6) is 1.49. The van der Waals surface area contributed by atoms with Crippen molar-refractivity contribution in [2.24, 2.45) is 17.6 Å². The van der Waals surface area contributed by atoms with Gasteiger partial charge in [-0.1, -0.05) is 44.2 Å². The molecule has 3 heteroatoms. The molecule has 118 valence electrons. The Morgan fingerprint density at radius 2 is 1.76 bits per heavy atom. The second kappa shape index (κ2) is 7.39. The lowest BCUT2D eigenvalue weighted by Crippen LogP contribution is -2.42. The summed E-state index contributed by atoms with van der Waals surface area (Å²) in [6, 6.07) is 9.82. The number of benzene rings is 1. The quantitative estimate of drug-likeness (QED) is 0.847. The van der Waals surface area contributed by atoms with Crippen LogP contribution >= 0.6 is 0 Å². The fourth-order valence-electron chi connectivity index (χ4n) is 3.50. The van der Waals surface area contributed by atoms with Gasteiger partial charge in [-0.3, -0.25) is 0 Å². The summed E-state index contributed by atoms with van der Waals surface area (Å²) < 4.78 is 6.05. The van der Waals surface area contributed by atoms with Crippen LogP contribution in [0.1, 0.15) is 45.1 Å². The van der Waals surface area contributed by atoms with Crippen LogP contribution in [0, 0.1) is 11.8 Å². The van der Waals surface area contributed by atoms with Gasteiger partial charge in [0.2, 0.25) is 0 Å². The first-order chi connectivity index (χ1) is 10.0. The third kappa shape index (κ3) is 4.53. The van der Waals surface area contributed by atoms with E-state index in [1.165, 1.54) is 6.42 Å². The van der Waals surface area contributed by atoms with Crippen LogP contribution in [0.2, 0.25) is 0 Å². The van der Waals surface area contributed by atoms with Gasteiger partial charge in [0.1, 0.15) is 0 Å². The molecule has 3 unspecified atom stereocenters. The highest BCUT2D eigenvalue weighted by Gasteiger charge is 2.28. The van der Waals surface area contributed by atoms with Gasteiger partial charge in [-0.2, -0.15) is 0 Å². The second-order valence-corrected chi connectivity index (χ2v) is 6.84. The molecule has 0 spiro atoms. The Kier molecular flexibility index (Phi) is 5.80. The average Bonchev–Trinajstić information content (AvgIpc) is 2.47. The first-order valence-electron chi connectivity index (χ1n) is 8.10. The third-order valence-electron chi connectivity index (χ3n) is 4.67. The number of aliphatic hydroxyl groups is 1. The summed E-state index contributed by atoms with van der Waals surface area (Å²) in [7, 11) is 0. The predicted molar refractivity (Wildman–Crippen MR) is 85.9 cm³/mol. The van der Waals surface area contributed by atoms with E-state index in [1.807, 2.05) is 30.3 Å². The lowest BCUT2D eigenvalue weighted by atomic mass is 9.81. The molecule has 1 aliphatic carbocycles. The number of rotatable bonds is 6. The van der Waals surface area contributed by atoms with Crippen molar-refractivity contribution in [2.75, 3.05) is 13.2 Å². The van der Waals surface area contributed by atoms with Gasteiger partial charge < -0.3 is 15.6 Å². The smallest absolute Gasteiger partial charge is 0.0666 e. The van der Waals surface area contributed by atoms with Crippen LogP contribution in [0.4, 0.5) is 0 Å². The minimum atomic E-state index is -0.701. The van der Waals surface area contributed by atoms with Crippen molar-refractivity contribution in [2.45, 2.75) is 51.2 Å². The van der Waals surface area contributed by atoms with E-state index >= 15 is 0 Å². The number of nitrogens with two attached hydrogens (primary N) is 1. The summed E-state index contributed by atoms with van der Waals surface area (Å²) in [4.78, 5) is 0. The monoisotopic (exact) mass is 291 g/mol. The van der Waals surface area contributed by atoms with Gasteiger partial charge in [0.05, 0.1) is 18.2 Å². The van der Waals surface area contributed by atoms with Crippen LogP contribution in [0.25, 0.3) is 0 Å². The Hall–Kier alpha value is -0.900. The molecular formula is C18H29NO2. The largest absolute Gasteiger partial charge is 0.394 e. The maximum Gasteiger partial charge on any atom is 0.0666 e. The van der Waals surface area contributed by atoms with E-state index < -0.39 is 5.54 Å². The molecular weight excluding hydrogens is 262 g/mol. The number of hydrogen-bond donors (Lipinski definition) is 2. The van der Waals surface area contributed by atoms with Crippen LogP contribution in [0.15, 0.2) is 30.3 Å². The van der Waals surface area contributed by atoms with Gasteiger partial charge in [-0.15, -0.1) is 0 Å². The molecule has 3 N–H and O–H groups in total. The maximum atomic E-state index is 9.68. The van der Waals surface area contributed by atoms with Gasteiger partial charge in [-0.05, 0) is 43.1 Å². The van der Waals surface area contributed by atoms with Crippen molar-refractivity contribution in [1.82, 2.24) is 0 Å². The molecule has 0 aliphatic heterocycles. The zero-order valence-corrected chi connectivity index (χ0v) is 13.3. The van der Waals surface area contributed by atoms with Gasteiger partial charge >= 0.3 is 0 Å². The van der Waals surface area contributed by atoms with Crippen molar-refractivity contribution < 1.29 is 9.84 Å². The van der Waals surface area contributed by atoms with E-state index in [-0.39, 0.29) is 6.61 Å². The summed E-state index contributed by atoms with van der Waals surface area (Å²) in [5.41, 5.74) is 6.63. The Labute approximate surface area is 128 Å². The highest BCUT2D eigenvalue weighted by Crippen LogP contribution is 2.31. The van der Waals surface area contributed by atoms with Crippen molar-refractivity contribution in [3.63, 3.8) is 0 Å². The molecule has 1 aromatic rings. The first kappa shape index (κ1) is 16.5. The van der Waals surface area contributed by atoms with Gasteiger partial charge in [0.25, 0.3) is 0 Å². The highest BCUT2D eigenvalue weighted by molar-refractivity contribution is 5.23. The molecule has 2 rings (SSSR count). The lowest BCUT2D eigenvalue weighted by molar-refractivity contribution is -0.0101. The molecule has 21 heavy (non-hydrogen) atoms.